The molecule has 0 aliphatic heterocycles. The van der Waals surface area contributed by atoms with E-state index in [0.717, 1.165) is 28.3 Å². The predicted octanol–water partition coefficient (Wildman–Crippen LogP) is 4.89. The van der Waals surface area contributed by atoms with Gasteiger partial charge in [0.2, 0.25) is 5.88 Å². The first-order valence-corrected chi connectivity index (χ1v) is 7.05. The maximum atomic E-state index is 5.72. The molecule has 2 heterocycles. The van der Waals surface area contributed by atoms with Gasteiger partial charge in [0.25, 0.3) is 0 Å². The van der Waals surface area contributed by atoms with E-state index >= 15 is 0 Å². The predicted molar refractivity (Wildman–Crippen MR) is 88.8 cm³/mol. The summed E-state index contributed by atoms with van der Waals surface area (Å²) < 4.78 is 5.72. The van der Waals surface area contributed by atoms with E-state index in [9.17, 15) is 0 Å². The number of hydrogen-bond donors (Lipinski definition) is 0. The Morgan fingerprint density at radius 1 is 1.00 bits per heavy atom. The van der Waals surface area contributed by atoms with Crippen LogP contribution >= 0.6 is 0 Å². The molecular formula is C19H16N2O. The molecule has 0 spiro atoms. The largest absolute Gasteiger partial charge is 0.439 e. The molecular weight excluding hydrogens is 272 g/mol. The van der Waals surface area contributed by atoms with Gasteiger partial charge in [-0.2, -0.15) is 0 Å². The van der Waals surface area contributed by atoms with Crippen LogP contribution in [0.5, 0.6) is 11.6 Å². The monoisotopic (exact) mass is 288 g/mol. The Morgan fingerprint density at radius 2 is 1.82 bits per heavy atom. The van der Waals surface area contributed by atoms with Gasteiger partial charge < -0.3 is 4.74 Å². The number of aromatic nitrogens is 2. The second-order valence-corrected chi connectivity index (χ2v) is 4.95. The highest BCUT2D eigenvalue weighted by Crippen LogP contribution is 2.24. The molecule has 3 rings (SSSR count). The first-order valence-electron chi connectivity index (χ1n) is 7.05. The van der Waals surface area contributed by atoms with E-state index in [2.05, 4.69) is 16.5 Å². The minimum Gasteiger partial charge on any atom is -0.439 e. The summed E-state index contributed by atoms with van der Waals surface area (Å²) in [5.41, 5.74) is 3.92. The number of ether oxygens (including phenoxy) is 1. The molecule has 0 fully saturated rings. The molecule has 0 atom stereocenters. The molecule has 0 bridgehead atoms. The normalized spacial score (nSPS) is 10.2. The van der Waals surface area contributed by atoms with Gasteiger partial charge in [-0.3, -0.25) is 0 Å². The van der Waals surface area contributed by atoms with Gasteiger partial charge in [0.15, 0.2) is 0 Å². The second kappa shape index (κ2) is 6.22. The summed E-state index contributed by atoms with van der Waals surface area (Å²) >= 11 is 0. The van der Waals surface area contributed by atoms with Crippen LogP contribution in [0.25, 0.3) is 17.3 Å². The van der Waals surface area contributed by atoms with Crippen molar-refractivity contribution in [1.29, 1.82) is 0 Å². The van der Waals surface area contributed by atoms with E-state index in [4.69, 9.17) is 4.74 Å². The molecule has 2 aromatic heterocycles. The summed E-state index contributed by atoms with van der Waals surface area (Å²) in [6, 6.07) is 17.5. The highest BCUT2D eigenvalue weighted by molar-refractivity contribution is 5.61. The number of nitrogens with zero attached hydrogens (tertiary/aromatic N) is 2. The van der Waals surface area contributed by atoms with Crippen LogP contribution in [-0.2, 0) is 0 Å². The zero-order chi connectivity index (χ0) is 15.4. The molecule has 0 aliphatic carbocycles. The average Bonchev–Trinajstić information content (AvgIpc) is 2.58. The van der Waals surface area contributed by atoms with Gasteiger partial charge in [0, 0.05) is 17.8 Å². The van der Waals surface area contributed by atoms with Gasteiger partial charge in [-0.1, -0.05) is 18.7 Å². The van der Waals surface area contributed by atoms with Crippen LogP contribution in [-0.4, -0.2) is 9.97 Å². The van der Waals surface area contributed by atoms with E-state index in [-0.39, 0.29) is 0 Å². The lowest BCUT2D eigenvalue weighted by molar-refractivity contribution is 0.463. The highest BCUT2D eigenvalue weighted by Gasteiger charge is 2.02. The molecule has 0 radical (unpaired) electrons. The summed E-state index contributed by atoms with van der Waals surface area (Å²) in [6.07, 6.45) is 3.53. The van der Waals surface area contributed by atoms with Crippen LogP contribution in [0.3, 0.4) is 0 Å². The van der Waals surface area contributed by atoms with Crippen molar-refractivity contribution in [2.45, 2.75) is 6.92 Å². The lowest BCUT2D eigenvalue weighted by Gasteiger charge is -2.06. The Hall–Kier alpha value is -2.94. The molecule has 108 valence electrons. The molecule has 0 unspecified atom stereocenters. The third-order valence-electron chi connectivity index (χ3n) is 3.24. The standard InChI is InChI=1S/C19H16N2O/c1-3-16-5-4-6-18(21-16)15-8-10-17(11-9-15)22-19-12-7-14(2)13-20-19/h3-13H,1H2,2H3. The summed E-state index contributed by atoms with van der Waals surface area (Å²) in [6.45, 7) is 5.74. The summed E-state index contributed by atoms with van der Waals surface area (Å²) in [5, 5.41) is 0. The number of hydrogen-bond acceptors (Lipinski definition) is 3. The molecule has 0 aliphatic rings. The van der Waals surface area contributed by atoms with Gasteiger partial charge in [-0.25, -0.2) is 9.97 Å². The number of pyridine rings is 2. The molecule has 0 N–H and O–H groups in total. The minimum atomic E-state index is 0.588. The van der Waals surface area contributed by atoms with Crippen molar-refractivity contribution in [3.8, 4) is 22.9 Å². The number of benzene rings is 1. The van der Waals surface area contributed by atoms with E-state index in [1.807, 2.05) is 61.5 Å². The lowest BCUT2D eigenvalue weighted by Crippen LogP contribution is -1.89. The van der Waals surface area contributed by atoms with Gasteiger partial charge in [0.1, 0.15) is 5.75 Å². The zero-order valence-electron chi connectivity index (χ0n) is 12.4. The smallest absolute Gasteiger partial charge is 0.219 e. The van der Waals surface area contributed by atoms with Gasteiger partial charge in [-0.05, 0) is 55.0 Å². The maximum Gasteiger partial charge on any atom is 0.219 e. The average molecular weight is 288 g/mol. The quantitative estimate of drug-likeness (QED) is 0.685. The van der Waals surface area contributed by atoms with Crippen molar-refractivity contribution in [1.82, 2.24) is 9.97 Å². The molecule has 0 saturated heterocycles. The molecule has 0 amide bonds. The molecule has 22 heavy (non-hydrogen) atoms. The number of rotatable bonds is 4. The fourth-order valence-electron chi connectivity index (χ4n) is 2.06. The van der Waals surface area contributed by atoms with Crippen molar-refractivity contribution in [3.05, 3.63) is 78.6 Å². The highest BCUT2D eigenvalue weighted by atomic mass is 16.5. The molecule has 3 nitrogen and oxygen atoms in total. The summed E-state index contributed by atoms with van der Waals surface area (Å²) in [4.78, 5) is 8.74. The summed E-state index contributed by atoms with van der Waals surface area (Å²) in [7, 11) is 0. The Labute approximate surface area is 130 Å². The van der Waals surface area contributed by atoms with Crippen LogP contribution in [0.2, 0.25) is 0 Å². The maximum absolute atomic E-state index is 5.72. The van der Waals surface area contributed by atoms with E-state index in [0.29, 0.717) is 5.88 Å². The topological polar surface area (TPSA) is 35.0 Å². The van der Waals surface area contributed by atoms with Crippen molar-refractivity contribution < 1.29 is 4.74 Å². The van der Waals surface area contributed by atoms with Crippen LogP contribution in [0.15, 0.2) is 67.4 Å². The third-order valence-corrected chi connectivity index (χ3v) is 3.24. The Balaban J connectivity index is 1.80. The van der Waals surface area contributed by atoms with Crippen molar-refractivity contribution >= 4 is 6.08 Å². The first kappa shape index (κ1) is 14.0. The SMILES string of the molecule is C=Cc1cccc(-c2ccc(Oc3ccc(C)cn3)cc2)n1. The fourth-order valence-corrected chi connectivity index (χ4v) is 2.06. The Bertz CT molecular complexity index is 777. The van der Waals surface area contributed by atoms with Crippen LogP contribution in [0.4, 0.5) is 0 Å². The molecule has 3 aromatic rings. The van der Waals surface area contributed by atoms with Gasteiger partial charge in [-0.15, -0.1) is 0 Å². The van der Waals surface area contributed by atoms with Gasteiger partial charge in [0.05, 0.1) is 11.4 Å². The first-order chi connectivity index (χ1) is 10.7. The van der Waals surface area contributed by atoms with Crippen molar-refractivity contribution in [3.63, 3.8) is 0 Å². The third kappa shape index (κ3) is 3.20. The van der Waals surface area contributed by atoms with Crippen LogP contribution in [0, 0.1) is 6.92 Å². The van der Waals surface area contributed by atoms with E-state index in [1.165, 1.54) is 0 Å². The van der Waals surface area contributed by atoms with E-state index in [1.54, 1.807) is 12.3 Å². The van der Waals surface area contributed by atoms with Crippen LogP contribution < -0.4 is 4.74 Å². The molecule has 3 heteroatoms. The minimum absolute atomic E-state index is 0.588. The van der Waals surface area contributed by atoms with E-state index < -0.39 is 0 Å². The summed E-state index contributed by atoms with van der Waals surface area (Å²) in [5.74, 6) is 1.34. The Morgan fingerprint density at radius 3 is 2.50 bits per heavy atom. The zero-order valence-corrected chi connectivity index (χ0v) is 12.4. The van der Waals surface area contributed by atoms with Gasteiger partial charge >= 0.3 is 0 Å². The Kier molecular flexibility index (Phi) is 3.97. The van der Waals surface area contributed by atoms with Crippen molar-refractivity contribution in [2.24, 2.45) is 0 Å². The molecule has 1 aromatic carbocycles. The lowest BCUT2D eigenvalue weighted by atomic mass is 10.1. The second-order valence-electron chi connectivity index (χ2n) is 4.95. The number of aryl methyl sites for hydroxylation is 1. The van der Waals surface area contributed by atoms with Crippen molar-refractivity contribution in [2.75, 3.05) is 0 Å². The molecule has 0 saturated carbocycles. The fraction of sp³-hybridized carbons (Fsp3) is 0.0526. The van der Waals surface area contributed by atoms with Crippen LogP contribution in [0.1, 0.15) is 11.3 Å².